The molecule has 0 radical (unpaired) electrons. The molecular formula is C8H13NO3. The molecule has 1 aliphatic heterocycles. The number of carbonyl (C=O) groups excluding carboxylic acids is 2. The maximum atomic E-state index is 11.0. The van der Waals surface area contributed by atoms with Crippen LogP contribution in [0.1, 0.15) is 26.2 Å². The van der Waals surface area contributed by atoms with Crippen LogP contribution < -0.4 is 0 Å². The molecule has 12 heavy (non-hydrogen) atoms. The summed E-state index contributed by atoms with van der Waals surface area (Å²) in [6.07, 6.45) is 2.50. The van der Waals surface area contributed by atoms with E-state index in [-0.39, 0.29) is 12.5 Å². The lowest BCUT2D eigenvalue weighted by Crippen LogP contribution is -2.29. The van der Waals surface area contributed by atoms with Crippen molar-refractivity contribution >= 4 is 12.0 Å². The van der Waals surface area contributed by atoms with E-state index in [0.29, 0.717) is 6.54 Å². The Hall–Kier alpha value is -1.06. The highest BCUT2D eigenvalue weighted by Crippen LogP contribution is 2.07. The van der Waals surface area contributed by atoms with E-state index in [9.17, 15) is 9.59 Å². The minimum absolute atomic E-state index is 0.0784. The molecule has 0 aromatic rings. The van der Waals surface area contributed by atoms with Crippen LogP contribution in [0.15, 0.2) is 0 Å². The molecule has 1 aliphatic rings. The molecule has 0 aromatic heterocycles. The molecule has 4 nitrogen and oxygen atoms in total. The molecule has 1 heterocycles. The van der Waals surface area contributed by atoms with Crippen LogP contribution in [0.2, 0.25) is 0 Å². The van der Waals surface area contributed by atoms with Gasteiger partial charge in [0.1, 0.15) is 0 Å². The number of carbonyl (C=O) groups is 2. The number of rotatable bonds is 4. The first-order valence-corrected chi connectivity index (χ1v) is 4.23. The number of unbranched alkanes of at least 4 members (excludes halogenated alkanes) is 2. The van der Waals surface area contributed by atoms with Gasteiger partial charge in [0.2, 0.25) is 0 Å². The highest BCUT2D eigenvalue weighted by atomic mass is 16.6. The van der Waals surface area contributed by atoms with Crippen molar-refractivity contribution in [3.05, 3.63) is 0 Å². The van der Waals surface area contributed by atoms with Crippen molar-refractivity contribution < 1.29 is 14.3 Å². The third-order valence-electron chi connectivity index (χ3n) is 1.83. The van der Waals surface area contributed by atoms with Crippen molar-refractivity contribution in [2.75, 3.05) is 13.2 Å². The summed E-state index contributed by atoms with van der Waals surface area (Å²) in [5.41, 5.74) is 0. The second-order valence-corrected chi connectivity index (χ2v) is 2.81. The summed E-state index contributed by atoms with van der Waals surface area (Å²) in [4.78, 5) is 23.0. The molecule has 68 valence electrons. The van der Waals surface area contributed by atoms with Crippen LogP contribution in [0.3, 0.4) is 0 Å². The smallest absolute Gasteiger partial charge is 0.417 e. The van der Waals surface area contributed by atoms with Gasteiger partial charge in [-0.25, -0.2) is 9.69 Å². The van der Waals surface area contributed by atoms with E-state index in [1.54, 1.807) is 0 Å². The van der Waals surface area contributed by atoms with E-state index in [1.165, 1.54) is 4.90 Å². The Morgan fingerprint density at radius 1 is 1.42 bits per heavy atom. The van der Waals surface area contributed by atoms with Crippen LogP contribution in [0.4, 0.5) is 4.79 Å². The van der Waals surface area contributed by atoms with Gasteiger partial charge in [-0.2, -0.15) is 0 Å². The zero-order valence-electron chi connectivity index (χ0n) is 7.21. The van der Waals surface area contributed by atoms with Crippen LogP contribution >= 0.6 is 0 Å². The molecule has 0 aliphatic carbocycles. The highest BCUT2D eigenvalue weighted by molar-refractivity contribution is 5.97. The van der Waals surface area contributed by atoms with Gasteiger partial charge in [-0.3, -0.25) is 4.79 Å². The Morgan fingerprint density at radius 2 is 2.17 bits per heavy atom. The first-order chi connectivity index (χ1) is 5.75. The average Bonchev–Trinajstić information content (AvgIpc) is 2.35. The maximum Gasteiger partial charge on any atom is 0.417 e. The Labute approximate surface area is 71.5 Å². The highest BCUT2D eigenvalue weighted by Gasteiger charge is 2.29. The molecule has 1 fully saturated rings. The minimum atomic E-state index is -0.490. The number of hydrogen-bond donors (Lipinski definition) is 0. The second-order valence-electron chi connectivity index (χ2n) is 2.81. The fourth-order valence-electron chi connectivity index (χ4n) is 1.12. The van der Waals surface area contributed by atoms with Crippen molar-refractivity contribution in [1.29, 1.82) is 0 Å². The summed E-state index contributed by atoms with van der Waals surface area (Å²) in [6, 6.07) is 0. The normalized spacial score (nSPS) is 16.9. The van der Waals surface area contributed by atoms with Gasteiger partial charge in [0.25, 0.3) is 5.91 Å². The molecule has 1 saturated heterocycles. The van der Waals surface area contributed by atoms with E-state index in [0.717, 1.165) is 19.3 Å². The second kappa shape index (κ2) is 4.09. The first-order valence-electron chi connectivity index (χ1n) is 4.23. The lowest BCUT2D eigenvalue weighted by molar-refractivity contribution is -0.125. The molecule has 0 bridgehead atoms. The van der Waals surface area contributed by atoms with Crippen molar-refractivity contribution in [2.24, 2.45) is 0 Å². The fraction of sp³-hybridized carbons (Fsp3) is 0.750. The number of ether oxygens (including phenoxy) is 1. The molecule has 4 heteroatoms. The lowest BCUT2D eigenvalue weighted by Gasteiger charge is -2.08. The minimum Gasteiger partial charge on any atom is -0.439 e. The summed E-state index contributed by atoms with van der Waals surface area (Å²) in [7, 11) is 0. The zero-order valence-corrected chi connectivity index (χ0v) is 7.21. The SMILES string of the molecule is CCCCCN1C(=O)COC1=O. The van der Waals surface area contributed by atoms with Crippen LogP contribution in [0.25, 0.3) is 0 Å². The molecular weight excluding hydrogens is 158 g/mol. The molecule has 2 amide bonds. The van der Waals surface area contributed by atoms with E-state index in [2.05, 4.69) is 11.7 Å². The predicted octanol–water partition coefficient (Wildman–Crippen LogP) is 1.16. The van der Waals surface area contributed by atoms with E-state index < -0.39 is 6.09 Å². The summed E-state index contributed by atoms with van der Waals surface area (Å²) in [5, 5.41) is 0. The summed E-state index contributed by atoms with van der Waals surface area (Å²) < 4.78 is 4.55. The molecule has 0 saturated carbocycles. The monoisotopic (exact) mass is 171 g/mol. The molecule has 0 unspecified atom stereocenters. The van der Waals surface area contributed by atoms with Crippen molar-refractivity contribution in [1.82, 2.24) is 4.90 Å². The van der Waals surface area contributed by atoms with Gasteiger partial charge in [-0.05, 0) is 6.42 Å². The van der Waals surface area contributed by atoms with Gasteiger partial charge in [-0.15, -0.1) is 0 Å². The van der Waals surface area contributed by atoms with Gasteiger partial charge in [0, 0.05) is 6.54 Å². The summed E-state index contributed by atoms with van der Waals surface area (Å²) in [5.74, 6) is -0.212. The Balaban J connectivity index is 2.30. The molecule has 1 rings (SSSR count). The number of hydrogen-bond acceptors (Lipinski definition) is 3. The largest absolute Gasteiger partial charge is 0.439 e. The van der Waals surface area contributed by atoms with Gasteiger partial charge in [0.15, 0.2) is 6.61 Å². The van der Waals surface area contributed by atoms with Crippen LogP contribution in [0.5, 0.6) is 0 Å². The molecule has 0 aromatic carbocycles. The zero-order chi connectivity index (χ0) is 8.97. The van der Waals surface area contributed by atoms with Gasteiger partial charge < -0.3 is 4.74 Å². The maximum absolute atomic E-state index is 11.0. The van der Waals surface area contributed by atoms with Crippen LogP contribution in [-0.2, 0) is 9.53 Å². The number of nitrogens with zero attached hydrogens (tertiary/aromatic N) is 1. The number of cyclic esters (lactones) is 1. The van der Waals surface area contributed by atoms with Crippen molar-refractivity contribution in [3.8, 4) is 0 Å². The summed E-state index contributed by atoms with van der Waals surface area (Å²) >= 11 is 0. The Kier molecular flexibility index (Phi) is 3.08. The average molecular weight is 171 g/mol. The lowest BCUT2D eigenvalue weighted by atomic mass is 10.2. The van der Waals surface area contributed by atoms with Crippen molar-refractivity contribution in [3.63, 3.8) is 0 Å². The Morgan fingerprint density at radius 3 is 2.67 bits per heavy atom. The standard InChI is InChI=1S/C8H13NO3/c1-2-3-4-5-9-7(10)6-12-8(9)11/h2-6H2,1H3. The van der Waals surface area contributed by atoms with Gasteiger partial charge >= 0.3 is 6.09 Å². The van der Waals surface area contributed by atoms with E-state index >= 15 is 0 Å². The number of amides is 2. The topological polar surface area (TPSA) is 46.6 Å². The van der Waals surface area contributed by atoms with Gasteiger partial charge in [-0.1, -0.05) is 19.8 Å². The molecule has 0 N–H and O–H groups in total. The van der Waals surface area contributed by atoms with E-state index in [4.69, 9.17) is 0 Å². The number of imide groups is 1. The van der Waals surface area contributed by atoms with Crippen LogP contribution in [0, 0.1) is 0 Å². The molecule has 0 atom stereocenters. The van der Waals surface area contributed by atoms with Crippen LogP contribution in [-0.4, -0.2) is 30.1 Å². The third kappa shape index (κ3) is 1.96. The van der Waals surface area contributed by atoms with Crippen molar-refractivity contribution in [2.45, 2.75) is 26.2 Å². The summed E-state index contributed by atoms with van der Waals surface area (Å²) in [6.45, 7) is 2.50. The third-order valence-corrected chi connectivity index (χ3v) is 1.83. The molecule has 0 spiro atoms. The first kappa shape index (κ1) is 9.03. The fourth-order valence-corrected chi connectivity index (χ4v) is 1.12. The van der Waals surface area contributed by atoms with Gasteiger partial charge in [0.05, 0.1) is 0 Å². The van der Waals surface area contributed by atoms with E-state index in [1.807, 2.05) is 0 Å². The Bertz CT molecular complexity index is 175. The predicted molar refractivity (Wildman–Crippen MR) is 42.6 cm³/mol. The quantitative estimate of drug-likeness (QED) is 0.596.